The molecule has 314 valence electrons. The number of hydrogen-bond donors (Lipinski definition) is 10. The number of carboxylic acid groups (broad SMARTS) is 1. The third-order valence-corrected chi connectivity index (χ3v) is 10.3. The van der Waals surface area contributed by atoms with E-state index in [1.165, 1.54) is 11.8 Å². The maximum atomic E-state index is 14.2. The Kier molecular flexibility index (Phi) is 16.3. The van der Waals surface area contributed by atoms with Gasteiger partial charge in [0.25, 0.3) is 0 Å². The average molecular weight is 807 g/mol. The summed E-state index contributed by atoms with van der Waals surface area (Å²) in [6.07, 6.45) is 2.95. The first-order chi connectivity index (χ1) is 27.7. The summed E-state index contributed by atoms with van der Waals surface area (Å²) >= 11 is 0. The van der Waals surface area contributed by atoms with E-state index in [9.17, 15) is 48.9 Å². The molecule has 0 bridgehead atoms. The summed E-state index contributed by atoms with van der Waals surface area (Å²) in [5.74, 6) is -6.37. The molecule has 0 radical (unpaired) electrons. The second kappa shape index (κ2) is 21.1. The van der Waals surface area contributed by atoms with Crippen LogP contribution in [0.3, 0.4) is 0 Å². The normalized spacial score (nSPS) is 17.5. The van der Waals surface area contributed by atoms with Crippen LogP contribution in [0.2, 0.25) is 0 Å². The lowest BCUT2D eigenvalue weighted by molar-refractivity contribution is -0.144. The Morgan fingerprint density at radius 2 is 1.40 bits per heavy atom. The number of fused-ring (bicyclic) bond motifs is 1. The fourth-order valence-corrected chi connectivity index (χ4v) is 6.69. The number of aromatic amines is 1. The van der Waals surface area contributed by atoms with Crippen molar-refractivity contribution in [2.24, 2.45) is 11.7 Å². The fourth-order valence-electron chi connectivity index (χ4n) is 6.69. The molecule has 1 saturated heterocycles. The van der Waals surface area contributed by atoms with Gasteiger partial charge in [-0.05, 0) is 49.3 Å². The van der Waals surface area contributed by atoms with E-state index in [1.54, 1.807) is 50.4 Å². The quantitative estimate of drug-likeness (QED) is 0.0650. The Bertz CT molecular complexity index is 1920. The number of carbonyl (C=O) groups excluding carboxylic acids is 6. The van der Waals surface area contributed by atoms with Gasteiger partial charge in [0, 0.05) is 30.1 Å². The number of aliphatic carboxylic acids is 1. The van der Waals surface area contributed by atoms with Crippen molar-refractivity contribution >= 4 is 52.3 Å². The van der Waals surface area contributed by atoms with Gasteiger partial charge < -0.3 is 57.5 Å². The van der Waals surface area contributed by atoms with Crippen molar-refractivity contribution in [2.75, 3.05) is 19.8 Å². The van der Waals surface area contributed by atoms with Gasteiger partial charge in [-0.25, -0.2) is 0 Å². The van der Waals surface area contributed by atoms with Crippen LogP contribution < -0.4 is 32.3 Å². The van der Waals surface area contributed by atoms with Gasteiger partial charge in [0.15, 0.2) is 0 Å². The predicted molar refractivity (Wildman–Crippen MR) is 211 cm³/mol. The highest BCUT2D eigenvalue weighted by atomic mass is 16.4. The summed E-state index contributed by atoms with van der Waals surface area (Å²) < 4.78 is 0. The Morgan fingerprint density at radius 3 is 2.03 bits per heavy atom. The summed E-state index contributed by atoms with van der Waals surface area (Å²) in [6, 6.07) is 7.41. The molecule has 58 heavy (non-hydrogen) atoms. The molecule has 2 aromatic carbocycles. The highest BCUT2D eigenvalue weighted by Crippen LogP contribution is 2.23. The fraction of sp³-hybridized carbons (Fsp3) is 0.475. The molecule has 4 rings (SSSR count). The number of rotatable bonds is 20. The molecule has 1 aromatic heterocycles. The molecule has 1 fully saturated rings. The molecular weight excluding hydrogens is 752 g/mol. The number of H-pyrrole nitrogens is 1. The number of nitrogens with zero attached hydrogens (tertiary/aromatic N) is 1. The SMILES string of the molecule is CC[C@H](C)[C@H](NC(=O)[C@H](CO)NC(=O)[C@H](CO)NC(=O)[C@@H](N)Cc1ccccc1)C(=O)N1CCC[C@H]1C(=O)N[C@@H](Cc1c[nH]c2ccccc12)C(=O)N[C@@H](C)C(=O)O. The third kappa shape index (κ3) is 11.6. The molecule has 1 aliphatic heterocycles. The summed E-state index contributed by atoms with van der Waals surface area (Å²) in [4.78, 5) is 96.9. The number of nitrogens with one attached hydrogen (secondary N) is 6. The van der Waals surface area contributed by atoms with E-state index >= 15 is 0 Å². The lowest BCUT2D eigenvalue weighted by Crippen LogP contribution is -2.61. The number of aliphatic hydroxyl groups is 2. The van der Waals surface area contributed by atoms with E-state index in [1.807, 2.05) is 24.3 Å². The van der Waals surface area contributed by atoms with Crippen LogP contribution in [0.1, 0.15) is 51.2 Å². The summed E-state index contributed by atoms with van der Waals surface area (Å²) in [5.41, 5.74) is 8.29. The van der Waals surface area contributed by atoms with Crippen LogP contribution in [-0.2, 0) is 46.4 Å². The first-order valence-corrected chi connectivity index (χ1v) is 19.3. The van der Waals surface area contributed by atoms with Crippen molar-refractivity contribution < 1.29 is 48.9 Å². The van der Waals surface area contributed by atoms with E-state index < -0.39 is 103 Å². The summed E-state index contributed by atoms with van der Waals surface area (Å²) in [6.45, 7) is 3.21. The van der Waals surface area contributed by atoms with Crippen molar-refractivity contribution in [3.8, 4) is 0 Å². The van der Waals surface area contributed by atoms with Gasteiger partial charge >= 0.3 is 5.97 Å². The number of aromatic nitrogens is 1. The van der Waals surface area contributed by atoms with Crippen molar-refractivity contribution in [1.82, 2.24) is 36.5 Å². The van der Waals surface area contributed by atoms with E-state index in [0.717, 1.165) is 16.5 Å². The van der Waals surface area contributed by atoms with Crippen LogP contribution >= 0.6 is 0 Å². The van der Waals surface area contributed by atoms with Gasteiger partial charge in [0.2, 0.25) is 35.4 Å². The molecule has 0 saturated carbocycles. The third-order valence-electron chi connectivity index (χ3n) is 10.3. The van der Waals surface area contributed by atoms with Crippen molar-refractivity contribution in [3.63, 3.8) is 0 Å². The predicted octanol–water partition coefficient (Wildman–Crippen LogP) is -1.17. The molecule has 18 nitrogen and oxygen atoms in total. The second-order valence-electron chi connectivity index (χ2n) is 14.5. The van der Waals surface area contributed by atoms with Crippen molar-refractivity contribution in [3.05, 3.63) is 71.9 Å². The van der Waals surface area contributed by atoms with Gasteiger partial charge in [-0.15, -0.1) is 0 Å². The molecule has 0 spiro atoms. The zero-order chi connectivity index (χ0) is 42.5. The molecule has 18 heteroatoms. The van der Waals surface area contributed by atoms with E-state index in [4.69, 9.17) is 5.73 Å². The highest BCUT2D eigenvalue weighted by molar-refractivity contribution is 5.97. The number of carboxylic acids is 1. The van der Waals surface area contributed by atoms with Gasteiger partial charge in [-0.1, -0.05) is 68.8 Å². The van der Waals surface area contributed by atoms with Crippen molar-refractivity contribution in [1.29, 1.82) is 0 Å². The zero-order valence-electron chi connectivity index (χ0n) is 32.8. The minimum absolute atomic E-state index is 0.00964. The number of nitrogens with two attached hydrogens (primary N) is 1. The van der Waals surface area contributed by atoms with Crippen LogP contribution in [0.4, 0.5) is 0 Å². The number of carbonyl (C=O) groups is 7. The molecule has 1 aliphatic rings. The first-order valence-electron chi connectivity index (χ1n) is 19.3. The number of para-hydroxylation sites is 1. The van der Waals surface area contributed by atoms with Gasteiger partial charge in [-0.3, -0.25) is 33.6 Å². The molecule has 0 unspecified atom stereocenters. The monoisotopic (exact) mass is 806 g/mol. The number of likely N-dealkylation sites (tertiary alicyclic amines) is 1. The number of benzene rings is 2. The zero-order valence-corrected chi connectivity index (χ0v) is 32.8. The lowest BCUT2D eigenvalue weighted by atomic mass is 9.96. The smallest absolute Gasteiger partial charge is 0.325 e. The van der Waals surface area contributed by atoms with Crippen LogP contribution in [0.15, 0.2) is 60.8 Å². The van der Waals surface area contributed by atoms with Gasteiger partial charge in [0.1, 0.15) is 36.3 Å². The van der Waals surface area contributed by atoms with E-state index in [2.05, 4.69) is 31.6 Å². The molecule has 0 aliphatic carbocycles. The molecule has 11 N–H and O–H groups in total. The van der Waals surface area contributed by atoms with E-state index in [-0.39, 0.29) is 25.8 Å². The summed E-state index contributed by atoms with van der Waals surface area (Å²) in [7, 11) is 0. The minimum Gasteiger partial charge on any atom is -0.480 e. The van der Waals surface area contributed by atoms with Crippen molar-refractivity contribution in [2.45, 2.75) is 95.2 Å². The van der Waals surface area contributed by atoms with Gasteiger partial charge in [-0.2, -0.15) is 0 Å². The van der Waals surface area contributed by atoms with Crippen LogP contribution in [-0.4, -0.2) is 129 Å². The average Bonchev–Trinajstić information content (AvgIpc) is 3.88. The Hall–Kier alpha value is -5.85. The summed E-state index contributed by atoms with van der Waals surface area (Å²) in [5, 5.41) is 42.7. The Labute approximate surface area is 335 Å². The number of hydrogen-bond acceptors (Lipinski definition) is 10. The lowest BCUT2D eigenvalue weighted by Gasteiger charge is -2.33. The minimum atomic E-state index is -1.59. The van der Waals surface area contributed by atoms with Crippen LogP contribution in [0, 0.1) is 5.92 Å². The second-order valence-corrected chi connectivity index (χ2v) is 14.5. The van der Waals surface area contributed by atoms with E-state index in [0.29, 0.717) is 18.4 Å². The molecule has 6 amide bonds. The molecule has 3 aromatic rings. The Balaban J connectivity index is 1.44. The molecular formula is C40H54N8O10. The number of amides is 6. The Morgan fingerprint density at radius 1 is 0.793 bits per heavy atom. The molecule has 2 heterocycles. The maximum Gasteiger partial charge on any atom is 0.325 e. The molecule has 8 atom stereocenters. The van der Waals surface area contributed by atoms with Crippen LogP contribution in [0.5, 0.6) is 0 Å². The topological polar surface area (TPSA) is 285 Å². The maximum absolute atomic E-state index is 14.2. The number of aliphatic hydroxyl groups excluding tert-OH is 2. The largest absolute Gasteiger partial charge is 0.480 e. The first kappa shape index (κ1) is 44.9. The van der Waals surface area contributed by atoms with Crippen LogP contribution in [0.25, 0.3) is 10.9 Å². The highest BCUT2D eigenvalue weighted by Gasteiger charge is 2.41. The standard InChI is InChI=1S/C40H54N8O10/c1-4-22(2)33(47-37(54)31(21-50)46-36(53)30(20-49)45-34(51)27(41)17-24-11-6-5-7-12-24)39(56)48-16-10-15-32(48)38(55)44-29(35(52)43-23(3)40(57)58)18-25-19-42-28-14-9-8-13-26(25)28/h5-9,11-14,19,22-23,27,29-33,42,49-50H,4,10,15-18,20-21,41H2,1-3H3,(H,43,52)(H,44,55)(H,45,51)(H,46,53)(H,47,54)(H,57,58)/t22-,23-,27-,29-,30-,31-,32-,33-/m0/s1. The van der Waals surface area contributed by atoms with Gasteiger partial charge in [0.05, 0.1) is 19.3 Å².